The maximum atomic E-state index is 7.41. The third-order valence-electron chi connectivity index (χ3n) is 11.1. The van der Waals surface area contributed by atoms with Crippen LogP contribution in [0.5, 0.6) is 0 Å². The minimum atomic E-state index is 0.337. The van der Waals surface area contributed by atoms with Gasteiger partial charge in [-0.1, -0.05) is 87.1 Å². The summed E-state index contributed by atoms with van der Waals surface area (Å²) in [6.07, 6.45) is 20.3. The quantitative estimate of drug-likeness (QED) is 0.0941. The average Bonchev–Trinajstić information content (AvgIpc) is 3.15. The van der Waals surface area contributed by atoms with Crippen LogP contribution in [0.3, 0.4) is 0 Å². The van der Waals surface area contributed by atoms with Gasteiger partial charge in [0, 0.05) is 17.4 Å². The molecule has 35 heavy (non-hydrogen) atoms. The monoisotopic (exact) mass is 518 g/mol. The maximum Gasteiger partial charge on any atom is 0.0905 e. The number of rotatable bonds is 11. The molecule has 0 amide bonds. The first-order valence-corrected chi connectivity index (χ1v) is 17.3. The number of hydrogen-bond donors (Lipinski definition) is 2. The lowest BCUT2D eigenvalue weighted by Gasteiger charge is -2.58. The summed E-state index contributed by atoms with van der Waals surface area (Å²) in [7, 11) is 4.15. The van der Waals surface area contributed by atoms with Crippen LogP contribution in [0.1, 0.15) is 118 Å². The molecule has 200 valence electrons. The number of amidine groups is 1. The molecule has 4 rings (SSSR count). The van der Waals surface area contributed by atoms with E-state index in [2.05, 4.69) is 51.5 Å². The standard InChI is InChI=1S/C31H54N2S2/c1-21(2)8-6-9-22(3)26-13-14-27-25-12-11-23-20-24(35-34-19-7-10-29(32)33)15-17-30(23,4)28(25)16-18-31(26,27)5/h11,21-22,24-28H,6-10,12-20H2,1-5H3,(H3,32,33). The van der Waals surface area contributed by atoms with Crippen LogP contribution in [-0.2, 0) is 0 Å². The summed E-state index contributed by atoms with van der Waals surface area (Å²) in [6.45, 7) is 12.8. The van der Waals surface area contributed by atoms with E-state index in [9.17, 15) is 0 Å². The molecular weight excluding hydrogens is 464 g/mol. The van der Waals surface area contributed by atoms with Gasteiger partial charge in [-0.3, -0.25) is 5.41 Å². The Hall–Kier alpha value is -0.0900. The molecule has 0 heterocycles. The summed E-state index contributed by atoms with van der Waals surface area (Å²) in [5.41, 5.74) is 8.41. The van der Waals surface area contributed by atoms with E-state index in [1.165, 1.54) is 70.6 Å². The molecule has 3 fully saturated rings. The number of hydrogen-bond acceptors (Lipinski definition) is 3. The van der Waals surface area contributed by atoms with E-state index in [1.54, 1.807) is 0 Å². The molecule has 4 aliphatic rings. The van der Waals surface area contributed by atoms with Gasteiger partial charge in [-0.25, -0.2) is 0 Å². The summed E-state index contributed by atoms with van der Waals surface area (Å²) in [5, 5.41) is 8.19. The van der Waals surface area contributed by atoms with Crippen molar-refractivity contribution in [3.8, 4) is 0 Å². The smallest absolute Gasteiger partial charge is 0.0905 e. The van der Waals surface area contributed by atoms with Crippen LogP contribution in [0.15, 0.2) is 11.6 Å². The molecule has 8 unspecified atom stereocenters. The predicted molar refractivity (Wildman–Crippen MR) is 158 cm³/mol. The van der Waals surface area contributed by atoms with Crippen molar-refractivity contribution in [1.29, 1.82) is 5.41 Å². The van der Waals surface area contributed by atoms with Gasteiger partial charge in [0.05, 0.1) is 5.84 Å². The van der Waals surface area contributed by atoms with E-state index in [4.69, 9.17) is 11.1 Å². The first kappa shape index (κ1) is 27.9. The van der Waals surface area contributed by atoms with Crippen molar-refractivity contribution in [2.24, 2.45) is 52.1 Å². The second-order valence-electron chi connectivity index (χ2n) is 13.7. The first-order valence-electron chi connectivity index (χ1n) is 15.0. The average molecular weight is 519 g/mol. The van der Waals surface area contributed by atoms with Gasteiger partial charge in [0.2, 0.25) is 0 Å². The molecule has 0 radical (unpaired) electrons. The summed E-state index contributed by atoms with van der Waals surface area (Å²) in [4.78, 5) is 0. The Bertz CT molecular complexity index is 763. The third-order valence-corrected chi connectivity index (χ3v) is 14.1. The fourth-order valence-corrected chi connectivity index (χ4v) is 11.9. The predicted octanol–water partition coefficient (Wildman–Crippen LogP) is 9.49. The second-order valence-corrected chi connectivity index (χ2v) is 16.5. The zero-order valence-corrected chi connectivity index (χ0v) is 25.0. The Morgan fingerprint density at radius 2 is 1.86 bits per heavy atom. The zero-order valence-electron chi connectivity index (χ0n) is 23.4. The highest BCUT2D eigenvalue weighted by atomic mass is 33.1. The molecule has 4 heteroatoms. The molecule has 0 aliphatic heterocycles. The Kier molecular flexibility index (Phi) is 9.38. The largest absolute Gasteiger partial charge is 0.388 e. The van der Waals surface area contributed by atoms with E-state index in [0.717, 1.165) is 59.4 Å². The lowest BCUT2D eigenvalue weighted by Crippen LogP contribution is -2.50. The molecule has 0 aromatic heterocycles. The van der Waals surface area contributed by atoms with Crippen LogP contribution in [-0.4, -0.2) is 16.8 Å². The third kappa shape index (κ3) is 5.99. The molecule has 0 aromatic carbocycles. The van der Waals surface area contributed by atoms with Crippen molar-refractivity contribution in [3.05, 3.63) is 11.6 Å². The van der Waals surface area contributed by atoms with Crippen molar-refractivity contribution in [2.75, 3.05) is 5.75 Å². The maximum absolute atomic E-state index is 7.41. The summed E-state index contributed by atoms with van der Waals surface area (Å²) in [6, 6.07) is 0. The minimum Gasteiger partial charge on any atom is -0.388 e. The van der Waals surface area contributed by atoms with Gasteiger partial charge in [0.1, 0.15) is 0 Å². The highest BCUT2D eigenvalue weighted by molar-refractivity contribution is 8.76. The lowest BCUT2D eigenvalue weighted by molar-refractivity contribution is -0.0497. The molecule has 0 bridgehead atoms. The van der Waals surface area contributed by atoms with Gasteiger partial charge in [0.15, 0.2) is 0 Å². The second kappa shape index (κ2) is 11.7. The molecule has 0 spiro atoms. The van der Waals surface area contributed by atoms with E-state index < -0.39 is 0 Å². The van der Waals surface area contributed by atoms with Crippen molar-refractivity contribution in [1.82, 2.24) is 0 Å². The molecule has 3 saturated carbocycles. The Balaban J connectivity index is 1.36. The first-order chi connectivity index (χ1) is 16.6. The van der Waals surface area contributed by atoms with Crippen molar-refractivity contribution in [3.63, 3.8) is 0 Å². The van der Waals surface area contributed by atoms with Gasteiger partial charge in [-0.15, -0.1) is 0 Å². The Morgan fingerprint density at radius 3 is 2.60 bits per heavy atom. The number of nitrogens with one attached hydrogen (secondary N) is 1. The van der Waals surface area contributed by atoms with Crippen molar-refractivity contribution < 1.29 is 0 Å². The Morgan fingerprint density at radius 1 is 1.06 bits per heavy atom. The fraction of sp³-hybridized carbons (Fsp3) is 0.903. The van der Waals surface area contributed by atoms with Crippen LogP contribution in [0.4, 0.5) is 0 Å². The number of fused-ring (bicyclic) bond motifs is 5. The van der Waals surface area contributed by atoms with E-state index in [-0.39, 0.29) is 0 Å². The molecule has 0 saturated heterocycles. The molecule has 4 aliphatic carbocycles. The fourth-order valence-electron chi connectivity index (χ4n) is 9.20. The van der Waals surface area contributed by atoms with Gasteiger partial charge in [-0.2, -0.15) is 0 Å². The van der Waals surface area contributed by atoms with Gasteiger partial charge >= 0.3 is 0 Å². The summed E-state index contributed by atoms with van der Waals surface area (Å²) < 4.78 is 0. The SMILES string of the molecule is CC(C)CCCC(C)C1CCC2C3CC=C4CC(SSCCCC(=N)N)CCC4(C)C3CCC12C. The highest BCUT2D eigenvalue weighted by Crippen LogP contribution is 2.67. The Labute approximate surface area is 225 Å². The molecule has 2 nitrogen and oxygen atoms in total. The van der Waals surface area contributed by atoms with Crippen LogP contribution in [0.25, 0.3) is 0 Å². The van der Waals surface area contributed by atoms with E-state index in [1.807, 2.05) is 16.4 Å². The van der Waals surface area contributed by atoms with E-state index >= 15 is 0 Å². The van der Waals surface area contributed by atoms with Crippen molar-refractivity contribution >= 4 is 27.4 Å². The van der Waals surface area contributed by atoms with Crippen molar-refractivity contribution in [2.45, 2.75) is 123 Å². The minimum absolute atomic E-state index is 0.337. The van der Waals surface area contributed by atoms with Gasteiger partial charge in [-0.05, 0) is 104 Å². The lowest BCUT2D eigenvalue weighted by atomic mass is 9.47. The molecular formula is C31H54N2S2. The molecule has 3 N–H and O–H groups in total. The van der Waals surface area contributed by atoms with Gasteiger partial charge < -0.3 is 5.73 Å². The van der Waals surface area contributed by atoms with Crippen LogP contribution >= 0.6 is 21.6 Å². The topological polar surface area (TPSA) is 49.9 Å². The number of allylic oxidation sites excluding steroid dienone is 2. The number of nitrogens with two attached hydrogens (primary N) is 1. The summed E-state index contributed by atoms with van der Waals surface area (Å²) >= 11 is 0. The zero-order chi connectivity index (χ0) is 25.2. The highest BCUT2D eigenvalue weighted by Gasteiger charge is 2.59. The van der Waals surface area contributed by atoms with E-state index in [0.29, 0.717) is 16.7 Å². The molecule has 0 aromatic rings. The van der Waals surface area contributed by atoms with Gasteiger partial charge in [0.25, 0.3) is 0 Å². The molecule has 8 atom stereocenters. The normalized spacial score (nSPS) is 39.5. The van der Waals surface area contributed by atoms with Crippen LogP contribution < -0.4 is 5.73 Å². The van der Waals surface area contributed by atoms with Crippen LogP contribution in [0, 0.1) is 51.7 Å². The summed E-state index contributed by atoms with van der Waals surface area (Å²) in [5.74, 6) is 7.04. The van der Waals surface area contributed by atoms with Crippen LogP contribution in [0.2, 0.25) is 0 Å².